The topological polar surface area (TPSA) is 41.5 Å². The van der Waals surface area contributed by atoms with Gasteiger partial charge < -0.3 is 15.2 Å². The average Bonchev–Trinajstić information content (AvgIpc) is 2.52. The van der Waals surface area contributed by atoms with Gasteiger partial charge in [0.15, 0.2) is 0 Å². The highest BCUT2D eigenvalue weighted by Gasteiger charge is 2.10. The molecule has 0 heterocycles. The summed E-state index contributed by atoms with van der Waals surface area (Å²) in [7, 11) is 0. The highest BCUT2D eigenvalue weighted by atomic mass is 16.5. The molecule has 0 saturated carbocycles. The van der Waals surface area contributed by atoms with Crippen molar-refractivity contribution in [2.45, 2.75) is 26.0 Å². The number of para-hydroxylation sites is 1. The first-order valence-corrected chi connectivity index (χ1v) is 7.31. The van der Waals surface area contributed by atoms with Crippen molar-refractivity contribution in [3.8, 4) is 5.75 Å². The molecule has 0 aromatic heterocycles. The number of aliphatic hydroxyl groups is 1. The molecule has 0 amide bonds. The SMILES string of the molecule is Cc1ccccc1[C@H](C)NCC(O)COc1ccccc1. The van der Waals surface area contributed by atoms with E-state index in [1.807, 2.05) is 42.5 Å². The van der Waals surface area contributed by atoms with Gasteiger partial charge in [0.05, 0.1) is 0 Å². The molecule has 2 aromatic rings. The fraction of sp³-hybridized carbons (Fsp3) is 0.333. The van der Waals surface area contributed by atoms with Gasteiger partial charge in [-0.15, -0.1) is 0 Å². The Morgan fingerprint density at radius 3 is 2.43 bits per heavy atom. The standard InChI is InChI=1S/C18H23NO2/c1-14-8-6-7-11-18(14)15(2)19-12-16(20)13-21-17-9-4-3-5-10-17/h3-11,15-16,19-20H,12-13H2,1-2H3/t15-,16?/m0/s1. The second-order valence-corrected chi connectivity index (χ2v) is 5.26. The van der Waals surface area contributed by atoms with Crippen LogP contribution in [-0.4, -0.2) is 24.4 Å². The lowest BCUT2D eigenvalue weighted by Crippen LogP contribution is -2.33. The van der Waals surface area contributed by atoms with Gasteiger partial charge in [0.25, 0.3) is 0 Å². The second-order valence-electron chi connectivity index (χ2n) is 5.26. The molecule has 0 aliphatic carbocycles. The number of benzene rings is 2. The van der Waals surface area contributed by atoms with E-state index in [4.69, 9.17) is 4.74 Å². The maximum Gasteiger partial charge on any atom is 0.119 e. The Bertz CT molecular complexity index is 542. The van der Waals surface area contributed by atoms with Gasteiger partial charge in [0.1, 0.15) is 18.5 Å². The third-order valence-corrected chi connectivity index (χ3v) is 3.50. The first-order chi connectivity index (χ1) is 10.2. The van der Waals surface area contributed by atoms with Crippen LogP contribution in [-0.2, 0) is 0 Å². The Kier molecular flexibility index (Phi) is 5.78. The molecule has 0 aliphatic heterocycles. The predicted molar refractivity (Wildman–Crippen MR) is 85.5 cm³/mol. The van der Waals surface area contributed by atoms with Crippen LogP contribution in [0.3, 0.4) is 0 Å². The summed E-state index contributed by atoms with van der Waals surface area (Å²) < 4.78 is 5.54. The lowest BCUT2D eigenvalue weighted by molar-refractivity contribution is 0.104. The van der Waals surface area contributed by atoms with E-state index in [0.717, 1.165) is 5.75 Å². The van der Waals surface area contributed by atoms with Gasteiger partial charge >= 0.3 is 0 Å². The lowest BCUT2D eigenvalue weighted by Gasteiger charge is -2.19. The molecule has 112 valence electrons. The van der Waals surface area contributed by atoms with E-state index in [1.54, 1.807) is 0 Å². The van der Waals surface area contributed by atoms with Gasteiger partial charge in [-0.3, -0.25) is 0 Å². The minimum absolute atomic E-state index is 0.206. The van der Waals surface area contributed by atoms with Crippen LogP contribution in [0.4, 0.5) is 0 Å². The van der Waals surface area contributed by atoms with Crippen LogP contribution in [0.1, 0.15) is 24.1 Å². The van der Waals surface area contributed by atoms with Crippen molar-refractivity contribution in [2.75, 3.05) is 13.2 Å². The molecule has 2 N–H and O–H groups in total. The summed E-state index contributed by atoms with van der Waals surface area (Å²) in [5.41, 5.74) is 2.52. The predicted octanol–water partition coefficient (Wildman–Crippen LogP) is 3.09. The maximum absolute atomic E-state index is 9.99. The number of ether oxygens (including phenoxy) is 1. The van der Waals surface area contributed by atoms with E-state index in [9.17, 15) is 5.11 Å². The molecule has 0 bridgehead atoms. The monoisotopic (exact) mass is 285 g/mol. The van der Waals surface area contributed by atoms with Crippen LogP contribution in [0.15, 0.2) is 54.6 Å². The zero-order valence-electron chi connectivity index (χ0n) is 12.6. The minimum atomic E-state index is -0.531. The van der Waals surface area contributed by atoms with Crippen LogP contribution in [0.2, 0.25) is 0 Å². The number of hydrogen-bond donors (Lipinski definition) is 2. The molecule has 3 nitrogen and oxygen atoms in total. The maximum atomic E-state index is 9.99. The molecule has 2 aromatic carbocycles. The lowest BCUT2D eigenvalue weighted by atomic mass is 10.0. The first-order valence-electron chi connectivity index (χ1n) is 7.31. The Balaban J connectivity index is 1.76. The fourth-order valence-electron chi connectivity index (χ4n) is 2.26. The third-order valence-electron chi connectivity index (χ3n) is 3.50. The molecule has 0 fully saturated rings. The summed E-state index contributed by atoms with van der Waals surface area (Å²) >= 11 is 0. The van der Waals surface area contributed by atoms with Crippen molar-refractivity contribution in [2.24, 2.45) is 0 Å². The van der Waals surface area contributed by atoms with E-state index >= 15 is 0 Å². The Hall–Kier alpha value is -1.84. The van der Waals surface area contributed by atoms with Gasteiger partial charge in [0.2, 0.25) is 0 Å². The molecule has 2 atom stereocenters. The Labute approximate surface area is 126 Å². The molecular weight excluding hydrogens is 262 g/mol. The smallest absolute Gasteiger partial charge is 0.119 e. The van der Waals surface area contributed by atoms with Crippen molar-refractivity contribution in [3.63, 3.8) is 0 Å². The Morgan fingerprint density at radius 2 is 1.71 bits per heavy atom. The summed E-state index contributed by atoms with van der Waals surface area (Å²) in [6, 6.07) is 18.0. The van der Waals surface area contributed by atoms with Gasteiger partial charge in [-0.25, -0.2) is 0 Å². The van der Waals surface area contributed by atoms with Crippen LogP contribution in [0.25, 0.3) is 0 Å². The van der Waals surface area contributed by atoms with Crippen LogP contribution in [0, 0.1) is 6.92 Å². The van der Waals surface area contributed by atoms with E-state index < -0.39 is 6.10 Å². The number of aryl methyl sites for hydroxylation is 1. The number of nitrogens with one attached hydrogen (secondary N) is 1. The van der Waals surface area contributed by atoms with Gasteiger partial charge in [-0.05, 0) is 37.1 Å². The zero-order valence-corrected chi connectivity index (χ0v) is 12.6. The number of aliphatic hydroxyl groups excluding tert-OH is 1. The molecule has 21 heavy (non-hydrogen) atoms. The summed E-state index contributed by atoms with van der Waals surface area (Å²) in [6.07, 6.45) is -0.531. The molecule has 0 aliphatic rings. The van der Waals surface area contributed by atoms with E-state index in [1.165, 1.54) is 11.1 Å². The molecule has 0 radical (unpaired) electrons. The molecular formula is C18H23NO2. The Morgan fingerprint density at radius 1 is 1.05 bits per heavy atom. The van der Waals surface area contributed by atoms with Crippen molar-refractivity contribution >= 4 is 0 Å². The van der Waals surface area contributed by atoms with E-state index in [-0.39, 0.29) is 12.6 Å². The zero-order chi connectivity index (χ0) is 15.1. The largest absolute Gasteiger partial charge is 0.491 e. The summed E-state index contributed by atoms with van der Waals surface area (Å²) in [4.78, 5) is 0. The van der Waals surface area contributed by atoms with Gasteiger partial charge in [-0.2, -0.15) is 0 Å². The molecule has 3 heteroatoms. The van der Waals surface area contributed by atoms with Crippen molar-refractivity contribution < 1.29 is 9.84 Å². The van der Waals surface area contributed by atoms with Crippen molar-refractivity contribution in [1.82, 2.24) is 5.32 Å². The van der Waals surface area contributed by atoms with Gasteiger partial charge in [-0.1, -0.05) is 42.5 Å². The minimum Gasteiger partial charge on any atom is -0.491 e. The molecule has 1 unspecified atom stereocenters. The number of hydrogen-bond acceptors (Lipinski definition) is 3. The van der Waals surface area contributed by atoms with Crippen LogP contribution >= 0.6 is 0 Å². The van der Waals surface area contributed by atoms with Gasteiger partial charge in [0, 0.05) is 12.6 Å². The normalized spacial score (nSPS) is 13.7. The first kappa shape index (κ1) is 15.5. The fourth-order valence-corrected chi connectivity index (χ4v) is 2.26. The molecule has 0 spiro atoms. The third kappa shape index (κ3) is 4.88. The average molecular weight is 285 g/mol. The highest BCUT2D eigenvalue weighted by molar-refractivity contribution is 5.28. The quantitative estimate of drug-likeness (QED) is 0.821. The second kappa shape index (κ2) is 7.81. The van der Waals surface area contributed by atoms with Crippen molar-refractivity contribution in [3.05, 3.63) is 65.7 Å². The van der Waals surface area contributed by atoms with Crippen LogP contribution < -0.4 is 10.1 Å². The molecule has 2 rings (SSSR count). The summed E-state index contributed by atoms with van der Waals surface area (Å²) in [5.74, 6) is 0.781. The summed E-state index contributed by atoms with van der Waals surface area (Å²) in [5, 5.41) is 13.3. The number of rotatable bonds is 7. The van der Waals surface area contributed by atoms with E-state index in [0.29, 0.717) is 6.54 Å². The van der Waals surface area contributed by atoms with Crippen molar-refractivity contribution in [1.29, 1.82) is 0 Å². The van der Waals surface area contributed by atoms with Crippen LogP contribution in [0.5, 0.6) is 5.75 Å². The summed E-state index contributed by atoms with van der Waals surface area (Å²) in [6.45, 7) is 5.00. The van der Waals surface area contributed by atoms with E-state index in [2.05, 4.69) is 31.3 Å². The molecule has 0 saturated heterocycles. The highest BCUT2D eigenvalue weighted by Crippen LogP contribution is 2.16.